The topological polar surface area (TPSA) is 64.6 Å². The number of hydrogen-bond acceptors (Lipinski definition) is 4. The van der Waals surface area contributed by atoms with E-state index in [1.165, 1.54) is 32.4 Å². The number of sulfonamides is 1. The van der Waals surface area contributed by atoms with Crippen molar-refractivity contribution in [3.63, 3.8) is 0 Å². The second-order valence-corrected chi connectivity index (χ2v) is 7.16. The van der Waals surface area contributed by atoms with Crippen LogP contribution in [0.2, 0.25) is 10.0 Å². The van der Waals surface area contributed by atoms with Gasteiger partial charge in [0.05, 0.1) is 29.2 Å². The monoisotopic (exact) mass is 375 g/mol. The average molecular weight is 376 g/mol. The zero-order valence-corrected chi connectivity index (χ0v) is 14.8. The standard InChI is InChI=1S/C15H15Cl2NO4S/c1-21-11-3-6-15(22-2)10(7-11)9-18-23(19,20)12-4-5-13(16)14(17)8-12/h3-8,18H,9H2,1-2H3. The molecule has 0 saturated carbocycles. The van der Waals surface area contributed by atoms with E-state index >= 15 is 0 Å². The Labute approximate surface area is 145 Å². The predicted molar refractivity (Wildman–Crippen MR) is 90.0 cm³/mol. The van der Waals surface area contributed by atoms with Crippen LogP contribution in [-0.2, 0) is 16.6 Å². The Balaban J connectivity index is 2.23. The van der Waals surface area contributed by atoms with Crippen LogP contribution in [0.5, 0.6) is 11.5 Å². The first kappa shape index (κ1) is 17.9. The summed E-state index contributed by atoms with van der Waals surface area (Å²) < 4.78 is 37.5. The van der Waals surface area contributed by atoms with Gasteiger partial charge in [0.2, 0.25) is 10.0 Å². The van der Waals surface area contributed by atoms with Gasteiger partial charge in [-0.05, 0) is 36.4 Å². The Bertz CT molecular complexity index is 809. The molecule has 1 N–H and O–H groups in total. The quantitative estimate of drug-likeness (QED) is 0.838. The van der Waals surface area contributed by atoms with Crippen molar-refractivity contribution in [1.82, 2.24) is 4.72 Å². The van der Waals surface area contributed by atoms with Crippen LogP contribution in [0, 0.1) is 0 Å². The van der Waals surface area contributed by atoms with Gasteiger partial charge in [0, 0.05) is 12.1 Å². The van der Waals surface area contributed by atoms with Crippen molar-refractivity contribution in [3.05, 3.63) is 52.0 Å². The summed E-state index contributed by atoms with van der Waals surface area (Å²) in [6, 6.07) is 9.27. The summed E-state index contributed by atoms with van der Waals surface area (Å²) in [6.07, 6.45) is 0. The number of hydrogen-bond donors (Lipinski definition) is 1. The molecule has 0 fully saturated rings. The number of halogens is 2. The molecule has 0 bridgehead atoms. The Morgan fingerprint density at radius 2 is 1.74 bits per heavy atom. The fourth-order valence-electron chi connectivity index (χ4n) is 1.92. The lowest BCUT2D eigenvalue weighted by Crippen LogP contribution is -2.23. The van der Waals surface area contributed by atoms with Crippen molar-refractivity contribution in [1.29, 1.82) is 0 Å². The number of ether oxygens (including phenoxy) is 2. The second-order valence-electron chi connectivity index (χ2n) is 4.58. The molecule has 0 radical (unpaired) electrons. The molecule has 0 unspecified atom stereocenters. The largest absolute Gasteiger partial charge is 0.497 e. The van der Waals surface area contributed by atoms with Crippen LogP contribution in [0.15, 0.2) is 41.3 Å². The van der Waals surface area contributed by atoms with Crippen molar-refractivity contribution in [2.24, 2.45) is 0 Å². The summed E-state index contributed by atoms with van der Waals surface area (Å²) in [6.45, 7) is 0.0446. The highest BCUT2D eigenvalue weighted by atomic mass is 35.5. The maximum atomic E-state index is 12.3. The van der Waals surface area contributed by atoms with Gasteiger partial charge >= 0.3 is 0 Å². The molecule has 0 saturated heterocycles. The number of methoxy groups -OCH3 is 2. The minimum Gasteiger partial charge on any atom is -0.497 e. The van der Waals surface area contributed by atoms with Crippen LogP contribution in [-0.4, -0.2) is 22.6 Å². The van der Waals surface area contributed by atoms with E-state index in [4.69, 9.17) is 32.7 Å². The molecule has 2 aromatic rings. The van der Waals surface area contributed by atoms with Crippen LogP contribution in [0.1, 0.15) is 5.56 Å². The Morgan fingerprint density at radius 1 is 1.00 bits per heavy atom. The Hall–Kier alpha value is -1.47. The third-order valence-electron chi connectivity index (χ3n) is 3.14. The summed E-state index contributed by atoms with van der Waals surface area (Å²) in [5.41, 5.74) is 0.649. The third-order valence-corrected chi connectivity index (χ3v) is 5.28. The van der Waals surface area contributed by atoms with E-state index in [1.54, 1.807) is 18.2 Å². The molecule has 0 aromatic heterocycles. The van der Waals surface area contributed by atoms with Gasteiger partial charge < -0.3 is 9.47 Å². The molecule has 0 aliphatic carbocycles. The Kier molecular flexibility index (Phi) is 5.75. The molecule has 2 rings (SSSR count). The third kappa shape index (κ3) is 4.29. The highest BCUT2D eigenvalue weighted by molar-refractivity contribution is 7.89. The average Bonchev–Trinajstić information content (AvgIpc) is 2.55. The molecular weight excluding hydrogens is 361 g/mol. The van der Waals surface area contributed by atoms with Crippen LogP contribution < -0.4 is 14.2 Å². The molecular formula is C15H15Cl2NO4S. The molecule has 0 spiro atoms. The number of benzene rings is 2. The number of nitrogens with one attached hydrogen (secondary N) is 1. The second kappa shape index (κ2) is 7.40. The molecule has 0 amide bonds. The van der Waals surface area contributed by atoms with Gasteiger partial charge in [0.15, 0.2) is 0 Å². The van der Waals surface area contributed by atoms with E-state index in [9.17, 15) is 8.42 Å². The van der Waals surface area contributed by atoms with E-state index in [0.717, 1.165) is 0 Å². The van der Waals surface area contributed by atoms with Crippen LogP contribution in [0.3, 0.4) is 0 Å². The van der Waals surface area contributed by atoms with E-state index < -0.39 is 10.0 Å². The van der Waals surface area contributed by atoms with Crippen LogP contribution in [0.25, 0.3) is 0 Å². The van der Waals surface area contributed by atoms with Crippen molar-refractivity contribution in [3.8, 4) is 11.5 Å². The van der Waals surface area contributed by atoms with Gasteiger partial charge in [-0.1, -0.05) is 23.2 Å². The van der Waals surface area contributed by atoms with Gasteiger partial charge in [0.25, 0.3) is 0 Å². The molecule has 124 valence electrons. The highest BCUT2D eigenvalue weighted by Crippen LogP contribution is 2.26. The fourth-order valence-corrected chi connectivity index (χ4v) is 3.32. The lowest BCUT2D eigenvalue weighted by Gasteiger charge is -2.12. The summed E-state index contributed by atoms with van der Waals surface area (Å²) in [7, 11) is -0.686. The molecule has 8 heteroatoms. The van der Waals surface area contributed by atoms with Crippen LogP contribution in [0.4, 0.5) is 0 Å². The summed E-state index contributed by atoms with van der Waals surface area (Å²) in [5, 5.41) is 0.466. The van der Waals surface area contributed by atoms with Crippen molar-refractivity contribution in [2.75, 3.05) is 14.2 Å². The maximum absolute atomic E-state index is 12.3. The van der Waals surface area contributed by atoms with E-state index in [1.807, 2.05) is 0 Å². The zero-order chi connectivity index (χ0) is 17.0. The summed E-state index contributed by atoms with van der Waals surface area (Å²) in [4.78, 5) is 0.0359. The summed E-state index contributed by atoms with van der Waals surface area (Å²) in [5.74, 6) is 1.16. The van der Waals surface area contributed by atoms with Crippen LogP contribution >= 0.6 is 23.2 Å². The van der Waals surface area contributed by atoms with Crippen molar-refractivity contribution >= 4 is 33.2 Å². The molecule has 23 heavy (non-hydrogen) atoms. The van der Waals surface area contributed by atoms with Gasteiger partial charge in [-0.2, -0.15) is 0 Å². The molecule has 0 aliphatic rings. The molecule has 5 nitrogen and oxygen atoms in total. The molecule has 2 aromatic carbocycles. The normalized spacial score (nSPS) is 11.3. The molecule has 0 aliphatic heterocycles. The van der Waals surface area contributed by atoms with E-state index in [2.05, 4.69) is 4.72 Å². The first-order chi connectivity index (χ1) is 10.9. The maximum Gasteiger partial charge on any atom is 0.240 e. The highest BCUT2D eigenvalue weighted by Gasteiger charge is 2.16. The SMILES string of the molecule is COc1ccc(OC)c(CNS(=O)(=O)c2ccc(Cl)c(Cl)c2)c1. The minimum absolute atomic E-state index is 0.0359. The number of rotatable bonds is 6. The van der Waals surface area contributed by atoms with Crippen molar-refractivity contribution in [2.45, 2.75) is 11.4 Å². The molecule has 0 atom stereocenters. The van der Waals surface area contributed by atoms with Gasteiger partial charge in [-0.15, -0.1) is 0 Å². The zero-order valence-electron chi connectivity index (χ0n) is 12.5. The van der Waals surface area contributed by atoms with E-state index in [0.29, 0.717) is 22.1 Å². The first-order valence-electron chi connectivity index (χ1n) is 6.53. The van der Waals surface area contributed by atoms with Gasteiger partial charge in [0.1, 0.15) is 11.5 Å². The van der Waals surface area contributed by atoms with Crippen molar-refractivity contribution < 1.29 is 17.9 Å². The summed E-state index contributed by atoms with van der Waals surface area (Å²) >= 11 is 11.7. The molecule has 0 heterocycles. The van der Waals surface area contributed by atoms with Gasteiger partial charge in [-0.25, -0.2) is 13.1 Å². The Morgan fingerprint density at radius 3 is 2.35 bits per heavy atom. The van der Waals surface area contributed by atoms with Gasteiger partial charge in [-0.3, -0.25) is 0 Å². The predicted octanol–water partition coefficient (Wildman–Crippen LogP) is 3.49. The minimum atomic E-state index is -3.73. The van der Waals surface area contributed by atoms with E-state index in [-0.39, 0.29) is 16.5 Å². The lowest BCUT2D eigenvalue weighted by molar-refractivity contribution is 0.398. The smallest absolute Gasteiger partial charge is 0.240 e. The first-order valence-corrected chi connectivity index (χ1v) is 8.77. The fraction of sp³-hybridized carbons (Fsp3) is 0.200. The lowest BCUT2D eigenvalue weighted by atomic mass is 10.2.